The van der Waals surface area contributed by atoms with E-state index in [1.165, 1.54) is 28.6 Å². The Morgan fingerprint density at radius 1 is 1.00 bits per heavy atom. The third kappa shape index (κ3) is 4.51. The summed E-state index contributed by atoms with van der Waals surface area (Å²) in [6, 6.07) is 12.3. The number of carbonyl (C=O) groups is 1. The zero-order valence-corrected chi connectivity index (χ0v) is 18.5. The number of nitrogens with zero attached hydrogens (tertiary/aromatic N) is 2. The fourth-order valence-corrected chi connectivity index (χ4v) is 6.04. The van der Waals surface area contributed by atoms with E-state index in [1.807, 2.05) is 13.8 Å². The van der Waals surface area contributed by atoms with E-state index in [4.69, 9.17) is 4.74 Å². The van der Waals surface area contributed by atoms with Crippen LogP contribution in [0.1, 0.15) is 48.7 Å². The van der Waals surface area contributed by atoms with Gasteiger partial charge in [-0.1, -0.05) is 12.1 Å². The summed E-state index contributed by atoms with van der Waals surface area (Å²) in [7, 11) is -3.65. The number of sulfonamides is 1. The highest BCUT2D eigenvalue weighted by atomic mass is 32.2. The van der Waals surface area contributed by atoms with E-state index in [0.717, 1.165) is 18.4 Å². The van der Waals surface area contributed by atoms with Crippen LogP contribution >= 0.6 is 0 Å². The average Bonchev–Trinajstić information content (AvgIpc) is 3.23. The summed E-state index contributed by atoms with van der Waals surface area (Å²) in [5, 5.41) is 0. The minimum absolute atomic E-state index is 0.104. The van der Waals surface area contributed by atoms with Crippen LogP contribution in [0.3, 0.4) is 0 Å². The Labute approximate surface area is 182 Å². The molecule has 0 spiro atoms. The summed E-state index contributed by atoms with van der Waals surface area (Å²) in [6.07, 6.45) is 1.35. The van der Waals surface area contributed by atoms with Crippen LogP contribution in [0, 0.1) is 5.82 Å². The van der Waals surface area contributed by atoms with Crippen LogP contribution < -0.4 is 0 Å². The maximum absolute atomic E-state index is 13.3. The van der Waals surface area contributed by atoms with Crippen molar-refractivity contribution in [3.63, 3.8) is 0 Å². The molecule has 0 bridgehead atoms. The van der Waals surface area contributed by atoms with E-state index < -0.39 is 10.0 Å². The Bertz CT molecular complexity index is 1030. The Kier molecular flexibility index (Phi) is 6.14. The summed E-state index contributed by atoms with van der Waals surface area (Å²) >= 11 is 0. The lowest BCUT2D eigenvalue weighted by molar-refractivity contribution is -0.0440. The molecule has 31 heavy (non-hydrogen) atoms. The number of ether oxygens (including phenoxy) is 1. The number of hydrogen-bond acceptors (Lipinski definition) is 4. The molecule has 2 fully saturated rings. The van der Waals surface area contributed by atoms with Crippen LogP contribution in [0.2, 0.25) is 0 Å². The maximum Gasteiger partial charge on any atom is 0.254 e. The SMILES string of the molecule is C[C@@H]1CN(S(=O)(=O)c2ccc(C(=O)N3CCC[C@H]3c3ccc(F)cc3)cc2)C[C@@H](C)O1. The third-order valence-electron chi connectivity index (χ3n) is 5.89. The molecule has 3 atom stereocenters. The van der Waals surface area contributed by atoms with Crippen LogP contribution in [0.5, 0.6) is 0 Å². The van der Waals surface area contributed by atoms with Crippen molar-refractivity contribution in [1.29, 1.82) is 0 Å². The average molecular weight is 447 g/mol. The Balaban J connectivity index is 1.52. The predicted octanol–water partition coefficient (Wildman–Crippen LogP) is 3.60. The Morgan fingerprint density at radius 3 is 2.23 bits per heavy atom. The van der Waals surface area contributed by atoms with E-state index >= 15 is 0 Å². The Hall–Kier alpha value is -2.29. The molecule has 2 aromatic rings. The lowest BCUT2D eigenvalue weighted by atomic mass is 10.0. The highest BCUT2D eigenvalue weighted by molar-refractivity contribution is 7.89. The topological polar surface area (TPSA) is 66.9 Å². The van der Waals surface area contributed by atoms with Gasteiger partial charge in [-0.05, 0) is 68.7 Å². The molecule has 0 saturated carbocycles. The van der Waals surface area contributed by atoms with Crippen LogP contribution in [0.15, 0.2) is 53.4 Å². The third-order valence-corrected chi connectivity index (χ3v) is 7.74. The van der Waals surface area contributed by atoms with Crippen LogP contribution in [0.25, 0.3) is 0 Å². The van der Waals surface area contributed by atoms with Gasteiger partial charge in [-0.2, -0.15) is 4.31 Å². The first-order valence-corrected chi connectivity index (χ1v) is 12.0. The molecule has 0 N–H and O–H groups in total. The lowest BCUT2D eigenvalue weighted by Gasteiger charge is -2.34. The fourth-order valence-electron chi connectivity index (χ4n) is 4.45. The van der Waals surface area contributed by atoms with E-state index in [9.17, 15) is 17.6 Å². The van der Waals surface area contributed by atoms with Crippen LogP contribution in [-0.2, 0) is 14.8 Å². The number of amides is 1. The van der Waals surface area contributed by atoms with Crippen molar-refractivity contribution >= 4 is 15.9 Å². The van der Waals surface area contributed by atoms with Gasteiger partial charge in [0.2, 0.25) is 10.0 Å². The van der Waals surface area contributed by atoms with Crippen LogP contribution in [-0.4, -0.2) is 55.4 Å². The number of morpholine rings is 1. The number of carbonyl (C=O) groups excluding carboxylic acids is 1. The molecule has 2 aliphatic rings. The molecule has 2 heterocycles. The molecule has 0 aliphatic carbocycles. The standard InChI is InChI=1S/C23H27FN2O4S/c1-16-14-25(15-17(2)30-16)31(28,29)21-11-7-19(8-12-21)23(27)26-13-3-4-22(26)18-5-9-20(24)10-6-18/h5-12,16-17,22H,3-4,13-15H2,1-2H3/t16-,17-,22+/m1/s1. The van der Waals surface area contributed by atoms with Crippen molar-refractivity contribution in [2.45, 2.75) is 49.8 Å². The van der Waals surface area contributed by atoms with Gasteiger partial charge >= 0.3 is 0 Å². The summed E-state index contributed by atoms with van der Waals surface area (Å²) in [6.45, 7) is 4.94. The first-order chi connectivity index (χ1) is 14.8. The Morgan fingerprint density at radius 2 is 1.61 bits per heavy atom. The van der Waals surface area contributed by atoms with Gasteiger partial charge in [-0.3, -0.25) is 4.79 Å². The molecule has 6 nitrogen and oxygen atoms in total. The number of halogens is 1. The van der Waals surface area contributed by atoms with Gasteiger partial charge < -0.3 is 9.64 Å². The molecule has 2 saturated heterocycles. The smallest absolute Gasteiger partial charge is 0.254 e. The monoisotopic (exact) mass is 446 g/mol. The van der Waals surface area contributed by atoms with Crippen molar-refractivity contribution in [2.24, 2.45) is 0 Å². The summed E-state index contributed by atoms with van der Waals surface area (Å²) in [5.41, 5.74) is 1.35. The molecule has 1 amide bonds. The first-order valence-electron chi connectivity index (χ1n) is 10.6. The zero-order chi connectivity index (χ0) is 22.2. The number of benzene rings is 2. The van der Waals surface area contributed by atoms with Gasteiger partial charge in [-0.25, -0.2) is 12.8 Å². The highest BCUT2D eigenvalue weighted by Crippen LogP contribution is 2.33. The number of likely N-dealkylation sites (tertiary alicyclic amines) is 1. The summed E-state index contributed by atoms with van der Waals surface area (Å²) < 4.78 is 46.4. The van der Waals surface area contributed by atoms with Gasteiger partial charge in [0.25, 0.3) is 5.91 Å². The molecule has 0 unspecified atom stereocenters. The molecule has 2 aromatic carbocycles. The zero-order valence-electron chi connectivity index (χ0n) is 17.7. The second kappa shape index (κ2) is 8.68. The minimum atomic E-state index is -3.65. The second-order valence-electron chi connectivity index (χ2n) is 8.31. The van der Waals surface area contributed by atoms with Crippen molar-refractivity contribution in [1.82, 2.24) is 9.21 Å². The van der Waals surface area contributed by atoms with E-state index in [0.29, 0.717) is 25.2 Å². The van der Waals surface area contributed by atoms with Gasteiger partial charge in [0.05, 0.1) is 23.1 Å². The van der Waals surface area contributed by atoms with Gasteiger partial charge in [0.1, 0.15) is 5.82 Å². The number of hydrogen-bond donors (Lipinski definition) is 0. The molecule has 0 radical (unpaired) electrons. The summed E-state index contributed by atoms with van der Waals surface area (Å²) in [4.78, 5) is 15.1. The predicted molar refractivity (Wildman–Crippen MR) is 115 cm³/mol. The van der Waals surface area contributed by atoms with Crippen molar-refractivity contribution in [3.05, 3.63) is 65.5 Å². The fraction of sp³-hybridized carbons (Fsp3) is 0.435. The number of rotatable bonds is 4. The first kappa shape index (κ1) is 21.9. The largest absolute Gasteiger partial charge is 0.373 e. The highest BCUT2D eigenvalue weighted by Gasteiger charge is 2.33. The van der Waals surface area contributed by atoms with Crippen molar-refractivity contribution in [2.75, 3.05) is 19.6 Å². The van der Waals surface area contributed by atoms with E-state index in [1.54, 1.807) is 29.2 Å². The van der Waals surface area contributed by atoms with Gasteiger partial charge in [0, 0.05) is 25.2 Å². The molecule has 8 heteroatoms. The van der Waals surface area contributed by atoms with E-state index in [2.05, 4.69) is 0 Å². The molecular weight excluding hydrogens is 419 g/mol. The molecule has 166 valence electrons. The van der Waals surface area contributed by atoms with Crippen molar-refractivity contribution in [3.8, 4) is 0 Å². The molecule has 2 aliphatic heterocycles. The second-order valence-corrected chi connectivity index (χ2v) is 10.2. The maximum atomic E-state index is 13.3. The lowest BCUT2D eigenvalue weighted by Crippen LogP contribution is -2.48. The van der Waals surface area contributed by atoms with Gasteiger partial charge in [0.15, 0.2) is 0 Å². The summed E-state index contributed by atoms with van der Waals surface area (Å²) in [5.74, 6) is -0.454. The van der Waals surface area contributed by atoms with Crippen molar-refractivity contribution < 1.29 is 22.3 Å². The quantitative estimate of drug-likeness (QED) is 0.720. The molecule has 0 aromatic heterocycles. The normalized spacial score (nSPS) is 25.0. The molecule has 4 rings (SSSR count). The molecular formula is C23H27FN2O4S. The van der Waals surface area contributed by atoms with E-state index in [-0.39, 0.29) is 34.9 Å². The van der Waals surface area contributed by atoms with Crippen LogP contribution in [0.4, 0.5) is 4.39 Å². The van der Waals surface area contributed by atoms with Gasteiger partial charge in [-0.15, -0.1) is 0 Å². The minimum Gasteiger partial charge on any atom is -0.373 e.